The Morgan fingerprint density at radius 2 is 2.25 bits per heavy atom. The lowest BCUT2D eigenvalue weighted by Gasteiger charge is -2.20. The second-order valence-corrected chi connectivity index (χ2v) is 6.34. The van der Waals surface area contributed by atoms with Gasteiger partial charge in [-0.15, -0.1) is 11.3 Å². The van der Waals surface area contributed by atoms with Crippen LogP contribution in [0.15, 0.2) is 18.2 Å². The maximum atomic E-state index is 5.87. The number of ether oxygens (including phenoxy) is 1. The quantitative estimate of drug-likeness (QED) is 0.936. The first-order valence-corrected chi connectivity index (χ1v) is 7.94. The van der Waals surface area contributed by atoms with Crippen LogP contribution in [0.3, 0.4) is 0 Å². The highest BCUT2D eigenvalue weighted by atomic mass is 32.1. The molecule has 3 rings (SSSR count). The number of nitrogens with zero attached hydrogens (tertiary/aromatic N) is 1. The summed E-state index contributed by atoms with van der Waals surface area (Å²) < 4.78 is 5.87. The van der Waals surface area contributed by atoms with Crippen LogP contribution in [0.25, 0.3) is 0 Å². The molecule has 4 heteroatoms. The monoisotopic (exact) mass is 288 g/mol. The molecule has 0 bridgehead atoms. The zero-order valence-electron chi connectivity index (χ0n) is 12.2. The van der Waals surface area contributed by atoms with E-state index < -0.39 is 0 Å². The molecule has 20 heavy (non-hydrogen) atoms. The van der Waals surface area contributed by atoms with Crippen LogP contribution in [0.1, 0.15) is 39.7 Å². The van der Waals surface area contributed by atoms with Crippen LogP contribution >= 0.6 is 11.3 Å². The molecule has 1 aromatic carbocycles. The summed E-state index contributed by atoms with van der Waals surface area (Å²) in [5.74, 6) is 1.07. The topological polar surface area (TPSA) is 34.1 Å². The summed E-state index contributed by atoms with van der Waals surface area (Å²) in [4.78, 5) is 5.87. The highest BCUT2D eigenvalue weighted by Crippen LogP contribution is 2.38. The average Bonchev–Trinajstić information content (AvgIpc) is 3.02. The molecular formula is C16H20N2OS. The Labute approximate surface area is 124 Å². The van der Waals surface area contributed by atoms with Gasteiger partial charge in [-0.1, -0.05) is 25.1 Å². The van der Waals surface area contributed by atoms with E-state index in [1.807, 2.05) is 0 Å². The smallest absolute Gasteiger partial charge is 0.127 e. The molecule has 0 radical (unpaired) electrons. The minimum Gasteiger partial charge on any atom is -0.493 e. The number of hydrogen-bond donors (Lipinski definition) is 1. The van der Waals surface area contributed by atoms with Crippen molar-refractivity contribution < 1.29 is 4.74 Å². The molecule has 2 aromatic rings. The molecule has 1 atom stereocenters. The number of fused-ring (bicyclic) bond motifs is 1. The molecule has 1 aliphatic heterocycles. The van der Waals surface area contributed by atoms with Gasteiger partial charge < -0.3 is 10.1 Å². The van der Waals surface area contributed by atoms with Gasteiger partial charge in [0, 0.05) is 16.9 Å². The van der Waals surface area contributed by atoms with Crippen LogP contribution in [0.2, 0.25) is 0 Å². The van der Waals surface area contributed by atoms with E-state index in [2.05, 4.69) is 49.3 Å². The van der Waals surface area contributed by atoms with Crippen molar-refractivity contribution in [1.29, 1.82) is 0 Å². The number of para-hydroxylation sites is 1. The summed E-state index contributed by atoms with van der Waals surface area (Å²) in [6, 6.07) is 6.65. The molecule has 106 valence electrons. The standard InChI is InChI=1S/C16H20N2OS/c1-4-17-14(16-10(2)18-11(3)20-16)13-7-5-6-12-8-9-19-15(12)13/h5-7,14,17H,4,8-9H2,1-3H3. The van der Waals surface area contributed by atoms with Crippen molar-refractivity contribution in [2.75, 3.05) is 13.2 Å². The van der Waals surface area contributed by atoms with Crippen LogP contribution in [0, 0.1) is 13.8 Å². The lowest BCUT2D eigenvalue weighted by atomic mass is 10.00. The van der Waals surface area contributed by atoms with Crippen molar-refractivity contribution >= 4 is 11.3 Å². The fourth-order valence-electron chi connectivity index (χ4n) is 2.83. The number of aromatic nitrogens is 1. The van der Waals surface area contributed by atoms with Crippen LogP contribution < -0.4 is 10.1 Å². The highest BCUT2D eigenvalue weighted by molar-refractivity contribution is 7.11. The van der Waals surface area contributed by atoms with Gasteiger partial charge in [0.15, 0.2) is 0 Å². The summed E-state index contributed by atoms with van der Waals surface area (Å²) in [6.45, 7) is 8.01. The lowest BCUT2D eigenvalue weighted by Crippen LogP contribution is -2.22. The average molecular weight is 288 g/mol. The molecule has 0 saturated carbocycles. The molecule has 0 amide bonds. The van der Waals surface area contributed by atoms with E-state index in [9.17, 15) is 0 Å². The van der Waals surface area contributed by atoms with Crippen LogP contribution in [0.5, 0.6) is 5.75 Å². The third-order valence-corrected chi connectivity index (χ3v) is 4.80. The SMILES string of the molecule is CCNC(c1cccc2c1OCC2)c1sc(C)nc1C. The van der Waals surface area contributed by atoms with E-state index in [1.54, 1.807) is 11.3 Å². The van der Waals surface area contributed by atoms with E-state index in [1.165, 1.54) is 16.0 Å². The van der Waals surface area contributed by atoms with Crippen molar-refractivity contribution in [3.05, 3.63) is 44.9 Å². The summed E-state index contributed by atoms with van der Waals surface area (Å²) in [5.41, 5.74) is 3.69. The Morgan fingerprint density at radius 1 is 1.40 bits per heavy atom. The number of hydrogen-bond acceptors (Lipinski definition) is 4. The second kappa shape index (κ2) is 5.54. The molecule has 3 nitrogen and oxygen atoms in total. The van der Waals surface area contributed by atoms with Crippen LogP contribution in [-0.4, -0.2) is 18.1 Å². The van der Waals surface area contributed by atoms with Crippen molar-refractivity contribution in [3.63, 3.8) is 0 Å². The van der Waals surface area contributed by atoms with Crippen LogP contribution in [-0.2, 0) is 6.42 Å². The zero-order valence-corrected chi connectivity index (χ0v) is 13.0. The first-order chi connectivity index (χ1) is 9.70. The number of aryl methyl sites for hydroxylation is 2. The third kappa shape index (κ3) is 2.34. The maximum absolute atomic E-state index is 5.87. The van der Waals surface area contributed by atoms with Crippen molar-refractivity contribution in [1.82, 2.24) is 10.3 Å². The van der Waals surface area contributed by atoms with Crippen molar-refractivity contribution in [2.24, 2.45) is 0 Å². The fraction of sp³-hybridized carbons (Fsp3) is 0.438. The van der Waals surface area contributed by atoms with Gasteiger partial charge in [-0.25, -0.2) is 4.98 Å². The number of nitrogens with one attached hydrogen (secondary N) is 1. The molecule has 1 unspecified atom stereocenters. The Hall–Kier alpha value is -1.39. The minimum atomic E-state index is 0.180. The van der Waals surface area contributed by atoms with E-state index in [-0.39, 0.29) is 6.04 Å². The van der Waals surface area contributed by atoms with Crippen molar-refractivity contribution in [2.45, 2.75) is 33.2 Å². The Balaban J connectivity index is 2.08. The zero-order chi connectivity index (χ0) is 14.1. The Bertz CT molecular complexity index is 621. The minimum absolute atomic E-state index is 0.180. The van der Waals surface area contributed by atoms with E-state index in [0.29, 0.717) is 0 Å². The predicted octanol–water partition coefficient (Wildman–Crippen LogP) is 3.39. The fourth-order valence-corrected chi connectivity index (χ4v) is 3.85. The van der Waals surface area contributed by atoms with Gasteiger partial charge >= 0.3 is 0 Å². The summed E-state index contributed by atoms with van der Waals surface area (Å²) in [7, 11) is 0. The molecule has 1 N–H and O–H groups in total. The van der Waals surface area contributed by atoms with Gasteiger partial charge in [-0.3, -0.25) is 0 Å². The first-order valence-electron chi connectivity index (χ1n) is 7.12. The third-order valence-electron chi connectivity index (χ3n) is 3.67. The molecule has 1 aliphatic rings. The summed E-state index contributed by atoms with van der Waals surface area (Å²) in [6.07, 6.45) is 1.02. The van der Waals surface area contributed by atoms with Gasteiger partial charge in [0.25, 0.3) is 0 Å². The van der Waals surface area contributed by atoms with Gasteiger partial charge in [0.1, 0.15) is 5.75 Å². The van der Waals surface area contributed by atoms with Gasteiger partial charge in [-0.2, -0.15) is 0 Å². The van der Waals surface area contributed by atoms with Crippen LogP contribution in [0.4, 0.5) is 0 Å². The van der Waals surface area contributed by atoms with Gasteiger partial charge in [0.2, 0.25) is 0 Å². The van der Waals surface area contributed by atoms with Crippen molar-refractivity contribution in [3.8, 4) is 5.75 Å². The Kier molecular flexibility index (Phi) is 3.76. The molecule has 0 saturated heterocycles. The predicted molar refractivity (Wildman–Crippen MR) is 82.7 cm³/mol. The van der Waals surface area contributed by atoms with E-state index in [0.717, 1.165) is 36.0 Å². The normalized spacial score (nSPS) is 14.9. The molecule has 0 fully saturated rings. The first kappa shape index (κ1) is 13.6. The summed E-state index contributed by atoms with van der Waals surface area (Å²) in [5, 5.41) is 4.71. The molecule has 0 spiro atoms. The Morgan fingerprint density at radius 3 is 2.95 bits per heavy atom. The van der Waals surface area contributed by atoms with E-state index in [4.69, 9.17) is 4.74 Å². The molecular weight excluding hydrogens is 268 g/mol. The summed E-state index contributed by atoms with van der Waals surface area (Å²) >= 11 is 1.77. The molecule has 1 aromatic heterocycles. The lowest BCUT2D eigenvalue weighted by molar-refractivity contribution is 0.350. The second-order valence-electron chi connectivity index (χ2n) is 5.11. The van der Waals surface area contributed by atoms with Gasteiger partial charge in [-0.05, 0) is 26.0 Å². The van der Waals surface area contributed by atoms with E-state index >= 15 is 0 Å². The van der Waals surface area contributed by atoms with Gasteiger partial charge in [0.05, 0.1) is 23.4 Å². The molecule has 0 aliphatic carbocycles. The highest BCUT2D eigenvalue weighted by Gasteiger charge is 2.25. The largest absolute Gasteiger partial charge is 0.493 e. The number of benzene rings is 1. The number of thiazole rings is 1. The number of rotatable bonds is 4. The maximum Gasteiger partial charge on any atom is 0.127 e. The molecule has 2 heterocycles.